The lowest BCUT2D eigenvalue weighted by atomic mass is 10.2. The number of nitrogens with zero attached hydrogens (tertiary/aromatic N) is 2. The Morgan fingerprint density at radius 1 is 1.42 bits per heavy atom. The molecular formula is C15H20F3N3O2S. The average molecular weight is 363 g/mol. The number of amides is 1. The van der Waals surface area contributed by atoms with E-state index in [1.165, 1.54) is 6.07 Å². The van der Waals surface area contributed by atoms with E-state index in [9.17, 15) is 18.0 Å². The van der Waals surface area contributed by atoms with Gasteiger partial charge < -0.3 is 10.1 Å². The maximum absolute atomic E-state index is 12.4. The Morgan fingerprint density at radius 2 is 2.12 bits per heavy atom. The van der Waals surface area contributed by atoms with Crippen LogP contribution in [0.3, 0.4) is 0 Å². The molecule has 1 amide bonds. The molecule has 0 aliphatic carbocycles. The summed E-state index contributed by atoms with van der Waals surface area (Å²) in [6.07, 6.45) is -3.62. The summed E-state index contributed by atoms with van der Waals surface area (Å²) in [6.45, 7) is 5.67. The smallest absolute Gasteiger partial charge is 0.379 e. The van der Waals surface area contributed by atoms with Gasteiger partial charge in [-0.25, -0.2) is 4.98 Å². The summed E-state index contributed by atoms with van der Waals surface area (Å²) in [4.78, 5) is 17.8. The molecule has 1 aromatic heterocycles. The Hall–Kier alpha value is -1.32. The lowest BCUT2D eigenvalue weighted by Gasteiger charge is -2.32. The Labute approximate surface area is 142 Å². The summed E-state index contributed by atoms with van der Waals surface area (Å²) >= 11 is 1.11. The van der Waals surface area contributed by atoms with Gasteiger partial charge in [-0.2, -0.15) is 13.2 Å². The number of carbonyl (C=O) groups excluding carboxylic acids is 1. The first-order chi connectivity index (χ1) is 11.4. The molecule has 1 aromatic rings. The van der Waals surface area contributed by atoms with E-state index < -0.39 is 11.7 Å². The molecule has 1 saturated heterocycles. The number of aromatic nitrogens is 1. The van der Waals surface area contributed by atoms with Crippen LogP contribution in [0.5, 0.6) is 0 Å². The number of alkyl halides is 3. The van der Waals surface area contributed by atoms with E-state index in [0.717, 1.165) is 37.1 Å². The summed E-state index contributed by atoms with van der Waals surface area (Å²) < 4.78 is 42.6. The lowest BCUT2D eigenvalue weighted by Crippen LogP contribution is -2.47. The van der Waals surface area contributed by atoms with Crippen molar-refractivity contribution in [1.82, 2.24) is 15.2 Å². The second-order valence-electron chi connectivity index (χ2n) is 5.47. The van der Waals surface area contributed by atoms with Crippen molar-refractivity contribution in [3.05, 3.63) is 23.9 Å². The number of ether oxygens (including phenoxy) is 1. The summed E-state index contributed by atoms with van der Waals surface area (Å²) in [5.41, 5.74) is -0.796. The molecule has 0 saturated carbocycles. The van der Waals surface area contributed by atoms with Crippen molar-refractivity contribution in [1.29, 1.82) is 0 Å². The molecule has 1 unspecified atom stereocenters. The molecule has 5 nitrogen and oxygen atoms in total. The van der Waals surface area contributed by atoms with E-state index in [1.54, 1.807) is 0 Å². The van der Waals surface area contributed by atoms with Crippen LogP contribution in [0, 0.1) is 0 Å². The van der Waals surface area contributed by atoms with E-state index in [0.29, 0.717) is 24.8 Å². The summed E-state index contributed by atoms with van der Waals surface area (Å²) in [5, 5.41) is 3.22. The fourth-order valence-corrected chi connectivity index (χ4v) is 2.91. The van der Waals surface area contributed by atoms with Crippen LogP contribution in [-0.2, 0) is 15.7 Å². The van der Waals surface area contributed by atoms with Gasteiger partial charge in [0.05, 0.1) is 29.6 Å². The minimum absolute atomic E-state index is 0.119. The van der Waals surface area contributed by atoms with Gasteiger partial charge in [0, 0.05) is 31.9 Å². The van der Waals surface area contributed by atoms with Crippen molar-refractivity contribution in [3.8, 4) is 0 Å². The molecule has 0 spiro atoms. The SMILES string of the molecule is CC(CNC(=O)CSc1ccc(C(F)(F)F)cn1)N1CCOCC1. The van der Waals surface area contributed by atoms with Gasteiger partial charge >= 0.3 is 6.18 Å². The third kappa shape index (κ3) is 5.95. The zero-order valence-electron chi connectivity index (χ0n) is 13.3. The van der Waals surface area contributed by atoms with Gasteiger partial charge in [0.2, 0.25) is 5.91 Å². The van der Waals surface area contributed by atoms with Crippen LogP contribution < -0.4 is 5.32 Å². The number of nitrogens with one attached hydrogen (secondary N) is 1. The molecule has 1 N–H and O–H groups in total. The largest absolute Gasteiger partial charge is 0.417 e. The standard InChI is InChI=1S/C15H20F3N3O2S/c1-11(21-4-6-23-7-5-21)8-19-13(22)10-24-14-3-2-12(9-20-14)15(16,17)18/h2-3,9,11H,4-8,10H2,1H3,(H,19,22). The molecule has 2 rings (SSSR count). The van der Waals surface area contributed by atoms with Crippen LogP contribution >= 0.6 is 11.8 Å². The molecule has 2 heterocycles. The van der Waals surface area contributed by atoms with Gasteiger partial charge in [0.15, 0.2) is 0 Å². The predicted octanol–water partition coefficient (Wildman–Crippen LogP) is 2.03. The van der Waals surface area contributed by atoms with E-state index in [-0.39, 0.29) is 17.7 Å². The van der Waals surface area contributed by atoms with Crippen molar-refractivity contribution in [2.75, 3.05) is 38.6 Å². The molecule has 1 aliphatic rings. The monoisotopic (exact) mass is 363 g/mol. The summed E-state index contributed by atoms with van der Waals surface area (Å²) in [6, 6.07) is 2.46. The summed E-state index contributed by atoms with van der Waals surface area (Å²) in [5.74, 6) is -0.0458. The van der Waals surface area contributed by atoms with Crippen LogP contribution in [0.15, 0.2) is 23.4 Å². The fraction of sp³-hybridized carbons (Fsp3) is 0.600. The number of hydrogen-bond acceptors (Lipinski definition) is 5. The minimum Gasteiger partial charge on any atom is -0.379 e. The van der Waals surface area contributed by atoms with Crippen LogP contribution in [0.4, 0.5) is 13.2 Å². The van der Waals surface area contributed by atoms with Crippen molar-refractivity contribution in [2.45, 2.75) is 24.2 Å². The first kappa shape index (κ1) is 19.0. The fourth-order valence-electron chi connectivity index (χ4n) is 2.23. The normalized spacial score (nSPS) is 17.5. The molecule has 0 radical (unpaired) electrons. The second kappa shape index (κ2) is 8.68. The average Bonchev–Trinajstić information content (AvgIpc) is 2.58. The van der Waals surface area contributed by atoms with Gasteiger partial charge in [-0.05, 0) is 19.1 Å². The molecule has 0 aromatic carbocycles. The van der Waals surface area contributed by atoms with Gasteiger partial charge in [-0.1, -0.05) is 11.8 Å². The second-order valence-corrected chi connectivity index (χ2v) is 6.47. The Bertz CT molecular complexity index is 534. The highest BCUT2D eigenvalue weighted by Gasteiger charge is 2.30. The highest BCUT2D eigenvalue weighted by atomic mass is 32.2. The topological polar surface area (TPSA) is 54.5 Å². The Morgan fingerprint density at radius 3 is 2.71 bits per heavy atom. The zero-order valence-corrected chi connectivity index (χ0v) is 14.1. The predicted molar refractivity (Wildman–Crippen MR) is 84.8 cm³/mol. The Balaban J connectivity index is 1.71. The van der Waals surface area contributed by atoms with Crippen molar-refractivity contribution in [3.63, 3.8) is 0 Å². The number of thioether (sulfide) groups is 1. The molecule has 134 valence electrons. The quantitative estimate of drug-likeness (QED) is 0.784. The number of halogens is 3. The molecule has 1 aliphatic heterocycles. The van der Waals surface area contributed by atoms with E-state index in [2.05, 4.69) is 15.2 Å². The van der Waals surface area contributed by atoms with E-state index in [4.69, 9.17) is 4.74 Å². The van der Waals surface area contributed by atoms with Crippen molar-refractivity contribution in [2.24, 2.45) is 0 Å². The number of morpholine rings is 1. The van der Waals surface area contributed by atoms with Gasteiger partial charge in [0.1, 0.15) is 0 Å². The Kier molecular flexibility index (Phi) is 6.88. The van der Waals surface area contributed by atoms with Gasteiger partial charge in [0.25, 0.3) is 0 Å². The number of carbonyl (C=O) groups is 1. The molecule has 1 fully saturated rings. The highest BCUT2D eigenvalue weighted by molar-refractivity contribution is 7.99. The van der Waals surface area contributed by atoms with Gasteiger partial charge in [-0.3, -0.25) is 9.69 Å². The molecule has 24 heavy (non-hydrogen) atoms. The maximum Gasteiger partial charge on any atom is 0.417 e. The van der Waals surface area contributed by atoms with Crippen LogP contribution in [0.25, 0.3) is 0 Å². The number of hydrogen-bond donors (Lipinski definition) is 1. The molecule has 1 atom stereocenters. The highest BCUT2D eigenvalue weighted by Crippen LogP contribution is 2.29. The van der Waals surface area contributed by atoms with E-state index in [1.807, 2.05) is 6.92 Å². The van der Waals surface area contributed by atoms with Crippen LogP contribution in [0.2, 0.25) is 0 Å². The first-order valence-electron chi connectivity index (χ1n) is 7.61. The molecular weight excluding hydrogens is 343 g/mol. The maximum atomic E-state index is 12.4. The van der Waals surface area contributed by atoms with Crippen LogP contribution in [0.1, 0.15) is 12.5 Å². The third-order valence-corrected chi connectivity index (χ3v) is 4.62. The van der Waals surface area contributed by atoms with Gasteiger partial charge in [-0.15, -0.1) is 0 Å². The zero-order chi connectivity index (χ0) is 17.6. The molecule has 0 bridgehead atoms. The minimum atomic E-state index is -4.40. The van der Waals surface area contributed by atoms with Crippen molar-refractivity contribution < 1.29 is 22.7 Å². The molecule has 9 heteroatoms. The van der Waals surface area contributed by atoms with Crippen LogP contribution in [-0.4, -0.2) is 60.4 Å². The number of rotatable bonds is 6. The summed E-state index contributed by atoms with van der Waals surface area (Å²) in [7, 11) is 0. The number of pyridine rings is 1. The van der Waals surface area contributed by atoms with E-state index >= 15 is 0 Å². The first-order valence-corrected chi connectivity index (χ1v) is 8.59. The third-order valence-electron chi connectivity index (χ3n) is 3.68. The van der Waals surface area contributed by atoms with Crippen molar-refractivity contribution >= 4 is 17.7 Å². The lowest BCUT2D eigenvalue weighted by molar-refractivity contribution is -0.137.